The number of hydrogen-bond donors (Lipinski definition) is 0. The van der Waals surface area contributed by atoms with Gasteiger partial charge >= 0.3 is 12.1 Å². The molecular weight excluding hydrogens is 370 g/mol. The molecule has 0 aromatic rings. The molecule has 0 aromatic carbocycles. The second-order valence-corrected chi connectivity index (χ2v) is 9.99. The Hall–Kier alpha value is -0.906. The third-order valence-corrected chi connectivity index (χ3v) is 5.97. The minimum Gasteiger partial charge on any atom is -0.467 e. The van der Waals surface area contributed by atoms with Crippen LogP contribution in [0.3, 0.4) is 0 Å². The third kappa shape index (κ3) is 5.80. The molecular formula is C17H35NO6Si2. The van der Waals surface area contributed by atoms with Gasteiger partial charge in [0.2, 0.25) is 0 Å². The zero-order valence-electron chi connectivity index (χ0n) is 17.5. The monoisotopic (exact) mass is 405 g/mol. The number of carbonyl (C=O) groups excluding carboxylic acids is 2. The quantitative estimate of drug-likeness (QED) is 0.362. The van der Waals surface area contributed by atoms with E-state index in [0.717, 1.165) is 0 Å². The molecule has 1 aliphatic rings. The van der Waals surface area contributed by atoms with Gasteiger partial charge in [0.1, 0.15) is 17.9 Å². The molecule has 152 valence electrons. The number of methoxy groups -OCH3 is 1. The Morgan fingerprint density at radius 3 is 2.04 bits per heavy atom. The van der Waals surface area contributed by atoms with E-state index in [1.807, 2.05) is 20.8 Å². The summed E-state index contributed by atoms with van der Waals surface area (Å²) in [5, 5.41) is 0. The van der Waals surface area contributed by atoms with Crippen molar-refractivity contribution in [2.75, 3.05) is 13.7 Å². The van der Waals surface area contributed by atoms with E-state index >= 15 is 0 Å². The largest absolute Gasteiger partial charge is 0.467 e. The fourth-order valence-corrected chi connectivity index (χ4v) is 5.08. The molecule has 9 heteroatoms. The van der Waals surface area contributed by atoms with E-state index in [1.165, 1.54) is 12.0 Å². The van der Waals surface area contributed by atoms with Crippen molar-refractivity contribution in [3.05, 3.63) is 0 Å². The van der Waals surface area contributed by atoms with Gasteiger partial charge in [-0.15, -0.1) is 0 Å². The maximum Gasteiger partial charge on any atom is 0.411 e. The van der Waals surface area contributed by atoms with Crippen molar-refractivity contribution < 1.29 is 27.9 Å². The van der Waals surface area contributed by atoms with Crippen LogP contribution in [-0.4, -0.2) is 68.1 Å². The Labute approximate surface area is 162 Å². The molecule has 0 bridgehead atoms. The van der Waals surface area contributed by atoms with Crippen molar-refractivity contribution >= 4 is 31.6 Å². The molecule has 1 aliphatic heterocycles. The van der Waals surface area contributed by atoms with Gasteiger partial charge < -0.3 is 18.3 Å². The molecule has 1 amide bonds. The lowest BCUT2D eigenvalue weighted by Crippen LogP contribution is -2.45. The van der Waals surface area contributed by atoms with E-state index < -0.39 is 43.2 Å². The van der Waals surface area contributed by atoms with Gasteiger partial charge in [0, 0.05) is 12.0 Å². The van der Waals surface area contributed by atoms with Gasteiger partial charge in [-0.2, -0.15) is 0 Å². The Bertz CT molecular complexity index is 488. The minimum atomic E-state index is -0.645. The highest BCUT2D eigenvalue weighted by Gasteiger charge is 2.49. The lowest BCUT2D eigenvalue weighted by atomic mass is 9.77. The van der Waals surface area contributed by atoms with Crippen LogP contribution in [0.1, 0.15) is 41.0 Å². The Kier molecular flexibility index (Phi) is 8.31. The maximum atomic E-state index is 12.6. The summed E-state index contributed by atoms with van der Waals surface area (Å²) in [4.78, 5) is 26.4. The Morgan fingerprint density at radius 2 is 1.62 bits per heavy atom. The molecule has 26 heavy (non-hydrogen) atoms. The predicted octanol–water partition coefficient (Wildman–Crippen LogP) is 1.43. The van der Waals surface area contributed by atoms with Gasteiger partial charge in [0.25, 0.3) is 0 Å². The van der Waals surface area contributed by atoms with Gasteiger partial charge in [-0.05, 0) is 33.1 Å². The van der Waals surface area contributed by atoms with E-state index in [1.54, 1.807) is 0 Å². The number of nitrogens with zero attached hydrogens (tertiary/aromatic N) is 1. The van der Waals surface area contributed by atoms with Crippen molar-refractivity contribution in [1.82, 2.24) is 4.90 Å². The Morgan fingerprint density at radius 1 is 1.08 bits per heavy atom. The average Bonchev–Trinajstić information content (AvgIpc) is 2.98. The van der Waals surface area contributed by atoms with Crippen molar-refractivity contribution in [2.45, 2.75) is 72.1 Å². The second-order valence-electron chi connectivity index (χ2n) is 8.17. The highest BCUT2D eigenvalue weighted by atomic mass is 28.2. The van der Waals surface area contributed by atoms with Crippen molar-refractivity contribution in [2.24, 2.45) is 11.3 Å². The third-order valence-electron chi connectivity index (χ3n) is 4.70. The van der Waals surface area contributed by atoms with Gasteiger partial charge in [-0.25, -0.2) is 9.59 Å². The average molecular weight is 406 g/mol. The molecule has 1 saturated heterocycles. The van der Waals surface area contributed by atoms with Crippen LogP contribution in [0.25, 0.3) is 0 Å². The number of likely N-dealkylation sites (tertiary alicyclic amines) is 1. The molecule has 0 aliphatic carbocycles. The van der Waals surface area contributed by atoms with Gasteiger partial charge in [0.15, 0.2) is 19.5 Å². The summed E-state index contributed by atoms with van der Waals surface area (Å²) < 4.78 is 22.3. The first-order valence-corrected chi connectivity index (χ1v) is 13.3. The molecule has 0 N–H and O–H groups in total. The predicted molar refractivity (Wildman–Crippen MR) is 105 cm³/mol. The molecule has 0 aromatic heterocycles. The smallest absolute Gasteiger partial charge is 0.411 e. The summed E-state index contributed by atoms with van der Waals surface area (Å²) in [7, 11) is 0.0517. The summed E-state index contributed by atoms with van der Waals surface area (Å²) in [6, 6.07) is -0.641. The summed E-state index contributed by atoms with van der Waals surface area (Å²) >= 11 is 0. The van der Waals surface area contributed by atoms with Crippen LogP contribution in [-0.2, 0) is 23.1 Å². The molecule has 0 radical (unpaired) electrons. The van der Waals surface area contributed by atoms with Gasteiger partial charge in [0.05, 0.1) is 7.11 Å². The van der Waals surface area contributed by atoms with Crippen LogP contribution < -0.4 is 0 Å². The molecule has 0 spiro atoms. The molecule has 1 rings (SSSR count). The topological polar surface area (TPSA) is 74.3 Å². The van der Waals surface area contributed by atoms with Crippen molar-refractivity contribution in [3.63, 3.8) is 0 Å². The molecule has 1 fully saturated rings. The van der Waals surface area contributed by atoms with E-state index in [0.29, 0.717) is 13.0 Å². The highest BCUT2D eigenvalue weighted by molar-refractivity contribution is 6.26. The van der Waals surface area contributed by atoms with E-state index in [2.05, 4.69) is 26.9 Å². The van der Waals surface area contributed by atoms with E-state index in [9.17, 15) is 9.59 Å². The molecule has 0 unspecified atom stereocenters. The van der Waals surface area contributed by atoms with Crippen LogP contribution in [0.5, 0.6) is 0 Å². The number of amides is 1. The second kappa shape index (κ2) is 9.34. The van der Waals surface area contributed by atoms with Crippen LogP contribution in [0, 0.1) is 11.3 Å². The summed E-state index contributed by atoms with van der Waals surface area (Å²) in [5.41, 5.74) is -0.948. The van der Waals surface area contributed by atoms with Gasteiger partial charge in [-0.3, -0.25) is 4.90 Å². The summed E-state index contributed by atoms with van der Waals surface area (Å²) in [5.74, 6) is -0.368. The first-order valence-electron chi connectivity index (χ1n) is 9.28. The lowest BCUT2D eigenvalue weighted by Gasteiger charge is -2.39. The van der Waals surface area contributed by atoms with Crippen LogP contribution >= 0.6 is 0 Å². The number of hydrogen-bond acceptors (Lipinski definition) is 6. The van der Waals surface area contributed by atoms with E-state index in [4.69, 9.17) is 18.3 Å². The highest BCUT2D eigenvalue weighted by Crippen LogP contribution is 2.41. The first kappa shape index (κ1) is 23.1. The summed E-state index contributed by atoms with van der Waals surface area (Å²) in [6.45, 7) is 14.2. The SMILES string of the molecule is COC(=O)[C@@H]1C[C@H](C(C)(C)C(O[SiH2]C)O[SiH2]C)CN1C(=O)OC(C)(C)C. The van der Waals surface area contributed by atoms with Crippen LogP contribution in [0.2, 0.25) is 13.1 Å². The molecule has 7 nitrogen and oxygen atoms in total. The van der Waals surface area contributed by atoms with Crippen LogP contribution in [0.4, 0.5) is 4.79 Å². The summed E-state index contributed by atoms with van der Waals surface area (Å²) in [6.07, 6.45) is -0.268. The fraction of sp³-hybridized carbons (Fsp3) is 0.882. The number of rotatable bonds is 7. The minimum absolute atomic E-state index is 0.0465. The molecule has 1 heterocycles. The zero-order chi connectivity index (χ0) is 20.1. The first-order chi connectivity index (χ1) is 12.0. The van der Waals surface area contributed by atoms with Crippen LogP contribution in [0.15, 0.2) is 0 Å². The van der Waals surface area contributed by atoms with Gasteiger partial charge in [-0.1, -0.05) is 26.9 Å². The van der Waals surface area contributed by atoms with Crippen molar-refractivity contribution in [3.8, 4) is 0 Å². The molecule has 0 saturated carbocycles. The number of ether oxygens (including phenoxy) is 2. The molecule has 2 atom stereocenters. The normalized spacial score (nSPS) is 23.2. The fourth-order valence-electron chi connectivity index (χ4n) is 3.23. The Balaban J connectivity index is 3.05. The standard InChI is InChI=1S/C17H35NO6Si2/c1-16(2,3)22-15(20)18-10-11(9-12(18)13(19)21-6)17(4,5)14(23-25-7)24-26-8/h11-12,14H,9-10,25-26H2,1-8H3/t11-,12-/m0/s1. The number of esters is 1. The maximum absolute atomic E-state index is 12.6. The zero-order valence-corrected chi connectivity index (χ0v) is 20.3. The lowest BCUT2D eigenvalue weighted by molar-refractivity contribution is -0.145. The van der Waals surface area contributed by atoms with Crippen molar-refractivity contribution in [1.29, 1.82) is 0 Å². The number of carbonyl (C=O) groups is 2. The van der Waals surface area contributed by atoms with E-state index in [-0.39, 0.29) is 17.6 Å².